The minimum atomic E-state index is -0.620. The third kappa shape index (κ3) is 3.44. The van der Waals surface area contributed by atoms with Crippen molar-refractivity contribution in [2.45, 2.75) is 13.5 Å². The van der Waals surface area contributed by atoms with Crippen molar-refractivity contribution in [1.29, 1.82) is 0 Å². The summed E-state index contributed by atoms with van der Waals surface area (Å²) in [5, 5.41) is 7.71. The molecule has 0 bridgehead atoms. The highest BCUT2D eigenvalue weighted by Gasteiger charge is 2.20. The Morgan fingerprint density at radius 2 is 1.82 bits per heavy atom. The number of aryl methyl sites for hydroxylation is 1. The number of nitrogens with zero attached hydrogens (tertiary/aromatic N) is 2. The minimum Gasteiger partial charge on any atom is -0.497 e. The number of amides is 1. The van der Waals surface area contributed by atoms with Crippen molar-refractivity contribution in [2.75, 3.05) is 19.5 Å². The maximum Gasteiger partial charge on any atom is 0.340 e. The van der Waals surface area contributed by atoms with Crippen LogP contribution in [0, 0.1) is 0 Å². The van der Waals surface area contributed by atoms with Crippen LogP contribution in [0.5, 0.6) is 5.75 Å². The summed E-state index contributed by atoms with van der Waals surface area (Å²) in [6.45, 7) is 2.09. The molecule has 8 heteroatoms. The average molecular weight is 381 g/mol. The van der Waals surface area contributed by atoms with Crippen LogP contribution in [0.25, 0.3) is 10.8 Å². The molecule has 0 unspecified atom stereocenters. The van der Waals surface area contributed by atoms with E-state index in [2.05, 4.69) is 10.4 Å². The minimum absolute atomic E-state index is 0.0867. The van der Waals surface area contributed by atoms with E-state index in [1.165, 1.54) is 25.0 Å². The van der Waals surface area contributed by atoms with Gasteiger partial charge in [0, 0.05) is 11.9 Å². The van der Waals surface area contributed by atoms with E-state index < -0.39 is 11.9 Å². The molecule has 28 heavy (non-hydrogen) atoms. The summed E-state index contributed by atoms with van der Waals surface area (Å²) < 4.78 is 11.1. The van der Waals surface area contributed by atoms with Crippen molar-refractivity contribution in [3.8, 4) is 5.75 Å². The van der Waals surface area contributed by atoms with Gasteiger partial charge in [-0.15, -0.1) is 0 Å². The van der Waals surface area contributed by atoms with Gasteiger partial charge in [-0.25, -0.2) is 9.48 Å². The van der Waals surface area contributed by atoms with Gasteiger partial charge >= 0.3 is 5.97 Å². The maximum atomic E-state index is 13.0. The molecule has 1 aromatic heterocycles. The number of hydrogen-bond acceptors (Lipinski definition) is 6. The highest BCUT2D eigenvalue weighted by molar-refractivity contribution is 6.13. The number of rotatable bonds is 5. The molecule has 1 N–H and O–H groups in total. The van der Waals surface area contributed by atoms with Gasteiger partial charge in [0.1, 0.15) is 5.75 Å². The fourth-order valence-corrected chi connectivity index (χ4v) is 2.84. The van der Waals surface area contributed by atoms with Gasteiger partial charge in [-0.05, 0) is 31.2 Å². The van der Waals surface area contributed by atoms with E-state index >= 15 is 0 Å². The Labute approximate surface area is 160 Å². The fourth-order valence-electron chi connectivity index (χ4n) is 2.84. The Kier molecular flexibility index (Phi) is 5.39. The number of methoxy groups -OCH3 is 2. The highest BCUT2D eigenvalue weighted by Crippen LogP contribution is 2.24. The van der Waals surface area contributed by atoms with Crippen LogP contribution in [0.2, 0.25) is 0 Å². The summed E-state index contributed by atoms with van der Waals surface area (Å²) in [4.78, 5) is 37.5. The molecule has 0 saturated carbocycles. The summed E-state index contributed by atoms with van der Waals surface area (Å²) >= 11 is 0. The van der Waals surface area contributed by atoms with E-state index in [0.717, 1.165) is 0 Å². The fraction of sp³-hybridized carbons (Fsp3) is 0.200. The third-order valence-corrected chi connectivity index (χ3v) is 4.26. The number of ether oxygens (including phenoxy) is 2. The lowest BCUT2D eigenvalue weighted by Gasteiger charge is -2.13. The van der Waals surface area contributed by atoms with Crippen molar-refractivity contribution in [3.63, 3.8) is 0 Å². The number of benzene rings is 2. The number of fused-ring (bicyclic) bond motifs is 1. The monoisotopic (exact) mass is 381 g/mol. The molecule has 0 spiro atoms. The number of carbonyl (C=O) groups excluding carboxylic acids is 2. The first-order chi connectivity index (χ1) is 13.5. The van der Waals surface area contributed by atoms with Gasteiger partial charge in [0.2, 0.25) is 0 Å². The van der Waals surface area contributed by atoms with Gasteiger partial charge in [-0.2, -0.15) is 5.10 Å². The second-order valence-corrected chi connectivity index (χ2v) is 5.87. The number of aromatic nitrogens is 2. The zero-order valence-corrected chi connectivity index (χ0v) is 15.7. The smallest absolute Gasteiger partial charge is 0.340 e. The molecule has 1 heterocycles. The summed E-state index contributed by atoms with van der Waals surface area (Å²) in [6.07, 6.45) is 0. The van der Waals surface area contributed by atoms with Gasteiger partial charge in [0.05, 0.1) is 30.9 Å². The first-order valence-electron chi connectivity index (χ1n) is 8.57. The van der Waals surface area contributed by atoms with E-state index in [1.54, 1.807) is 43.3 Å². The number of carbonyl (C=O) groups is 2. The molecule has 3 aromatic rings. The van der Waals surface area contributed by atoms with E-state index in [1.807, 2.05) is 0 Å². The molecular formula is C20H19N3O5. The number of esters is 1. The average Bonchev–Trinajstić information content (AvgIpc) is 2.73. The zero-order chi connectivity index (χ0) is 20.3. The van der Waals surface area contributed by atoms with Crippen LogP contribution in [0.4, 0.5) is 5.69 Å². The largest absolute Gasteiger partial charge is 0.497 e. The molecule has 0 radical (unpaired) electrons. The molecule has 0 fully saturated rings. The molecule has 2 aromatic carbocycles. The van der Waals surface area contributed by atoms with E-state index in [-0.39, 0.29) is 22.5 Å². The van der Waals surface area contributed by atoms with Gasteiger partial charge in [-0.3, -0.25) is 9.59 Å². The Morgan fingerprint density at radius 1 is 1.11 bits per heavy atom. The molecule has 0 saturated heterocycles. The normalized spacial score (nSPS) is 10.5. The molecule has 0 aliphatic heterocycles. The Morgan fingerprint density at radius 3 is 2.46 bits per heavy atom. The predicted molar refractivity (Wildman–Crippen MR) is 104 cm³/mol. The van der Waals surface area contributed by atoms with E-state index in [9.17, 15) is 14.4 Å². The van der Waals surface area contributed by atoms with Crippen LogP contribution in [0.15, 0.2) is 47.3 Å². The van der Waals surface area contributed by atoms with E-state index in [4.69, 9.17) is 9.47 Å². The van der Waals surface area contributed by atoms with E-state index in [0.29, 0.717) is 23.1 Å². The summed E-state index contributed by atoms with van der Waals surface area (Å²) in [5.41, 5.74) is 0.208. The lowest BCUT2D eigenvalue weighted by Crippen LogP contribution is -2.27. The second kappa shape index (κ2) is 7.91. The topological polar surface area (TPSA) is 99.5 Å². The third-order valence-electron chi connectivity index (χ3n) is 4.26. The quantitative estimate of drug-likeness (QED) is 0.682. The van der Waals surface area contributed by atoms with Crippen LogP contribution in [0.1, 0.15) is 27.8 Å². The predicted octanol–water partition coefficient (Wildman–Crippen LogP) is 2.46. The van der Waals surface area contributed by atoms with Gasteiger partial charge in [-0.1, -0.05) is 18.2 Å². The van der Waals surface area contributed by atoms with Gasteiger partial charge in [0.25, 0.3) is 11.5 Å². The molecule has 3 rings (SSSR count). The molecule has 8 nitrogen and oxygen atoms in total. The van der Waals surface area contributed by atoms with Gasteiger partial charge < -0.3 is 14.8 Å². The second-order valence-electron chi connectivity index (χ2n) is 5.87. The van der Waals surface area contributed by atoms with Crippen LogP contribution in [0.3, 0.4) is 0 Å². The van der Waals surface area contributed by atoms with Crippen molar-refractivity contribution < 1.29 is 19.1 Å². The van der Waals surface area contributed by atoms with Crippen LogP contribution >= 0.6 is 0 Å². The first-order valence-corrected chi connectivity index (χ1v) is 8.57. The highest BCUT2D eigenvalue weighted by atomic mass is 16.5. The molecule has 144 valence electrons. The van der Waals surface area contributed by atoms with Gasteiger partial charge in [0.15, 0.2) is 5.69 Å². The Balaban J connectivity index is 2.09. The molecule has 0 aliphatic carbocycles. The van der Waals surface area contributed by atoms with Crippen LogP contribution in [-0.2, 0) is 11.3 Å². The summed E-state index contributed by atoms with van der Waals surface area (Å²) in [5.74, 6) is -0.722. The standard InChI is InChI=1S/C20H19N3O5/c1-4-23-19(25)14-8-6-5-7-13(14)17(22-23)18(24)21-16-10-9-12(27-2)11-15(16)20(26)28-3/h5-11H,4H2,1-3H3,(H,21,24). The summed E-state index contributed by atoms with van der Waals surface area (Å²) in [7, 11) is 2.72. The van der Waals surface area contributed by atoms with Crippen molar-refractivity contribution in [1.82, 2.24) is 9.78 Å². The van der Waals surface area contributed by atoms with Crippen molar-refractivity contribution in [3.05, 3.63) is 64.1 Å². The zero-order valence-electron chi connectivity index (χ0n) is 15.7. The number of nitrogens with one attached hydrogen (secondary N) is 1. The number of hydrogen-bond donors (Lipinski definition) is 1. The lowest BCUT2D eigenvalue weighted by molar-refractivity contribution is 0.0601. The van der Waals surface area contributed by atoms with Crippen molar-refractivity contribution in [2.24, 2.45) is 0 Å². The van der Waals surface area contributed by atoms with Crippen molar-refractivity contribution >= 4 is 28.3 Å². The number of anilines is 1. The van der Waals surface area contributed by atoms with Crippen LogP contribution in [-0.4, -0.2) is 35.9 Å². The Hall–Kier alpha value is -3.68. The Bertz CT molecular complexity index is 1120. The molecule has 0 atom stereocenters. The molecule has 0 aliphatic rings. The van der Waals surface area contributed by atoms with Crippen LogP contribution < -0.4 is 15.6 Å². The first kappa shape index (κ1) is 19.1. The molecule has 1 amide bonds. The summed E-state index contributed by atoms with van der Waals surface area (Å²) in [6, 6.07) is 11.4. The SMILES string of the molecule is CCn1nc(C(=O)Nc2ccc(OC)cc2C(=O)OC)c2ccccc2c1=O. The maximum absolute atomic E-state index is 13.0. The lowest BCUT2D eigenvalue weighted by atomic mass is 10.1. The molecular weight excluding hydrogens is 362 g/mol.